The summed E-state index contributed by atoms with van der Waals surface area (Å²) in [4.78, 5) is 21.4. The third-order valence-electron chi connectivity index (χ3n) is 1.73. The highest BCUT2D eigenvalue weighted by atomic mass is 32.2. The van der Waals surface area contributed by atoms with Crippen molar-refractivity contribution in [2.75, 3.05) is 5.75 Å². The van der Waals surface area contributed by atoms with E-state index in [0.29, 0.717) is 11.5 Å². The third kappa shape index (κ3) is 3.59. The zero-order chi connectivity index (χ0) is 12.1. The summed E-state index contributed by atoms with van der Waals surface area (Å²) in [5.74, 6) is -0.600. The molecule has 0 aliphatic carbocycles. The van der Waals surface area contributed by atoms with Gasteiger partial charge in [-0.25, -0.2) is 0 Å². The van der Waals surface area contributed by atoms with E-state index in [-0.39, 0.29) is 5.75 Å². The van der Waals surface area contributed by atoms with Crippen LogP contribution in [-0.2, 0) is 10.5 Å². The number of aromatic hydroxyl groups is 1. The summed E-state index contributed by atoms with van der Waals surface area (Å²) in [6.07, 6.45) is 0.954. The van der Waals surface area contributed by atoms with Crippen molar-refractivity contribution in [2.45, 2.75) is 11.8 Å². The number of carbonyl (C=O) groups is 1. The summed E-state index contributed by atoms with van der Waals surface area (Å²) in [6.45, 7) is 0. The first-order valence-electron chi connectivity index (χ1n) is 4.37. The molecule has 0 aliphatic heterocycles. The zero-order valence-electron chi connectivity index (χ0n) is 8.25. The molecule has 16 heavy (non-hydrogen) atoms. The molecule has 6 nitrogen and oxygen atoms in total. The lowest BCUT2D eigenvalue weighted by atomic mass is 10.4. The van der Waals surface area contributed by atoms with Gasteiger partial charge in [-0.05, 0) is 0 Å². The lowest BCUT2D eigenvalue weighted by molar-refractivity contribution is -0.137. The van der Waals surface area contributed by atoms with Crippen LogP contribution in [0.25, 0.3) is 0 Å². The Hall–Kier alpha value is -1.47. The predicted molar refractivity (Wildman–Crippen MR) is 58.4 cm³/mol. The van der Waals surface area contributed by atoms with Gasteiger partial charge in [0.1, 0.15) is 18.1 Å². The lowest BCUT2D eigenvalue weighted by Crippen LogP contribution is -2.32. The fourth-order valence-electron chi connectivity index (χ4n) is 0.877. The molecule has 1 heterocycles. The first-order chi connectivity index (χ1) is 7.50. The molecule has 0 bridgehead atoms. The maximum Gasteiger partial charge on any atom is 0.321 e. The largest absolute Gasteiger partial charge is 0.502 e. The van der Waals surface area contributed by atoms with Crippen LogP contribution >= 0.6 is 11.8 Å². The van der Waals surface area contributed by atoms with Gasteiger partial charge in [-0.15, -0.1) is 0 Å². The molecule has 88 valence electrons. The second-order valence-electron chi connectivity index (χ2n) is 3.06. The lowest BCUT2D eigenvalue weighted by Gasteiger charge is -2.05. The summed E-state index contributed by atoms with van der Waals surface area (Å²) < 4.78 is 4.92. The molecule has 4 N–H and O–H groups in total. The zero-order valence-corrected chi connectivity index (χ0v) is 9.07. The topological polar surface area (TPSA) is 114 Å². The Morgan fingerprint density at radius 2 is 2.31 bits per heavy atom. The number of hydrogen-bond acceptors (Lipinski definition) is 6. The van der Waals surface area contributed by atoms with E-state index in [1.807, 2.05) is 0 Å². The molecule has 7 heteroatoms. The molecule has 1 aromatic heterocycles. The highest BCUT2D eigenvalue weighted by Crippen LogP contribution is 2.13. The Balaban J connectivity index is 2.46. The molecule has 0 saturated heterocycles. The van der Waals surface area contributed by atoms with Crippen molar-refractivity contribution in [2.24, 2.45) is 5.73 Å². The van der Waals surface area contributed by atoms with E-state index in [4.69, 9.17) is 20.4 Å². The minimum absolute atomic E-state index is 0.222. The SMILES string of the molecule is NC(CSCc1cc(=O)c(O)co1)C(=O)O. The van der Waals surface area contributed by atoms with Crippen molar-refractivity contribution < 1.29 is 19.4 Å². The van der Waals surface area contributed by atoms with E-state index in [0.717, 1.165) is 12.3 Å². The maximum atomic E-state index is 11.0. The molecule has 0 radical (unpaired) electrons. The van der Waals surface area contributed by atoms with Gasteiger partial charge < -0.3 is 20.4 Å². The Labute approximate surface area is 95.1 Å². The van der Waals surface area contributed by atoms with Crippen LogP contribution in [0.2, 0.25) is 0 Å². The minimum atomic E-state index is -1.07. The number of hydrogen-bond donors (Lipinski definition) is 3. The maximum absolute atomic E-state index is 11.0. The normalized spacial score (nSPS) is 12.3. The number of carboxylic acid groups (broad SMARTS) is 1. The van der Waals surface area contributed by atoms with E-state index in [1.165, 1.54) is 11.8 Å². The third-order valence-corrected chi connectivity index (χ3v) is 2.81. The molecule has 0 fully saturated rings. The number of aliphatic carboxylic acids is 1. The fraction of sp³-hybridized carbons (Fsp3) is 0.333. The highest BCUT2D eigenvalue weighted by molar-refractivity contribution is 7.98. The van der Waals surface area contributed by atoms with Crippen molar-refractivity contribution in [3.8, 4) is 5.75 Å². The van der Waals surface area contributed by atoms with Crippen LogP contribution in [0, 0.1) is 0 Å². The monoisotopic (exact) mass is 245 g/mol. The molecular formula is C9H11NO5S. The van der Waals surface area contributed by atoms with Gasteiger partial charge in [0.25, 0.3) is 0 Å². The molecule has 1 atom stereocenters. The Bertz CT molecular complexity index is 430. The first-order valence-corrected chi connectivity index (χ1v) is 5.53. The highest BCUT2D eigenvalue weighted by Gasteiger charge is 2.11. The number of rotatable bonds is 5. The molecule has 1 unspecified atom stereocenters. The van der Waals surface area contributed by atoms with Crippen molar-refractivity contribution in [1.82, 2.24) is 0 Å². The summed E-state index contributed by atoms with van der Waals surface area (Å²) in [5.41, 5.74) is 4.76. The molecule has 1 aromatic rings. The Kier molecular flexibility index (Phi) is 4.39. The van der Waals surface area contributed by atoms with Crippen molar-refractivity contribution in [3.63, 3.8) is 0 Å². The van der Waals surface area contributed by atoms with Crippen LogP contribution < -0.4 is 11.2 Å². The van der Waals surface area contributed by atoms with Crippen LogP contribution in [0.3, 0.4) is 0 Å². The molecule has 0 amide bonds. The van der Waals surface area contributed by atoms with Gasteiger partial charge in [0.15, 0.2) is 5.75 Å². The summed E-state index contributed by atoms with van der Waals surface area (Å²) in [7, 11) is 0. The molecule has 0 spiro atoms. The fourth-order valence-corrected chi connectivity index (χ4v) is 1.74. The molecule has 1 rings (SSSR count). The number of thioether (sulfide) groups is 1. The molecular weight excluding hydrogens is 234 g/mol. The van der Waals surface area contributed by atoms with Crippen LogP contribution in [0.4, 0.5) is 0 Å². The van der Waals surface area contributed by atoms with Crippen molar-refractivity contribution in [1.29, 1.82) is 0 Å². The second kappa shape index (κ2) is 5.57. The first kappa shape index (κ1) is 12.6. The van der Waals surface area contributed by atoms with Crippen molar-refractivity contribution in [3.05, 3.63) is 28.3 Å². The van der Waals surface area contributed by atoms with Crippen LogP contribution in [-0.4, -0.2) is 28.0 Å². The van der Waals surface area contributed by atoms with E-state index < -0.39 is 23.2 Å². The number of nitrogens with two attached hydrogens (primary N) is 1. The smallest absolute Gasteiger partial charge is 0.321 e. The van der Waals surface area contributed by atoms with E-state index in [9.17, 15) is 9.59 Å². The van der Waals surface area contributed by atoms with Gasteiger partial charge in [0.05, 0.1) is 5.75 Å². The Morgan fingerprint density at radius 1 is 1.62 bits per heavy atom. The average molecular weight is 245 g/mol. The van der Waals surface area contributed by atoms with Gasteiger partial charge >= 0.3 is 5.97 Å². The van der Waals surface area contributed by atoms with Crippen LogP contribution in [0.5, 0.6) is 5.75 Å². The van der Waals surface area contributed by atoms with Gasteiger partial charge in [-0.1, -0.05) is 0 Å². The number of carboxylic acids is 1. The summed E-state index contributed by atoms with van der Waals surface area (Å²) in [6, 6.07) is 0.225. The van der Waals surface area contributed by atoms with Crippen molar-refractivity contribution >= 4 is 17.7 Å². The summed E-state index contributed by atoms with van der Waals surface area (Å²) >= 11 is 1.24. The molecule has 0 aromatic carbocycles. The van der Waals surface area contributed by atoms with Gasteiger partial charge in [0.2, 0.25) is 5.43 Å². The van der Waals surface area contributed by atoms with Crippen LogP contribution in [0.15, 0.2) is 21.5 Å². The van der Waals surface area contributed by atoms with E-state index >= 15 is 0 Å². The second-order valence-corrected chi connectivity index (χ2v) is 4.09. The predicted octanol–water partition coefficient (Wildman–Crippen LogP) is -0.00950. The summed E-state index contributed by atoms with van der Waals surface area (Å²) in [5, 5.41) is 17.4. The molecule has 0 aliphatic rings. The average Bonchev–Trinajstić information content (AvgIpc) is 2.23. The van der Waals surface area contributed by atoms with Gasteiger partial charge in [0, 0.05) is 11.8 Å². The minimum Gasteiger partial charge on any atom is -0.502 e. The van der Waals surface area contributed by atoms with Gasteiger partial charge in [-0.2, -0.15) is 11.8 Å². The van der Waals surface area contributed by atoms with E-state index in [1.54, 1.807) is 0 Å². The Morgan fingerprint density at radius 3 is 2.88 bits per heavy atom. The quantitative estimate of drug-likeness (QED) is 0.668. The standard InChI is InChI=1S/C9H11NO5S/c10-6(9(13)14)4-16-3-5-1-7(11)8(12)2-15-5/h1-2,6,12H,3-4,10H2,(H,13,14). The van der Waals surface area contributed by atoms with Crippen LogP contribution in [0.1, 0.15) is 5.76 Å². The van der Waals surface area contributed by atoms with E-state index in [2.05, 4.69) is 0 Å². The molecule has 0 saturated carbocycles. The van der Waals surface area contributed by atoms with Gasteiger partial charge in [-0.3, -0.25) is 9.59 Å².